The van der Waals surface area contributed by atoms with Gasteiger partial charge in [-0.05, 0) is 43.0 Å². The summed E-state index contributed by atoms with van der Waals surface area (Å²) in [5.74, 6) is 0. The third-order valence-corrected chi connectivity index (χ3v) is 4.09. The van der Waals surface area contributed by atoms with Crippen LogP contribution >= 0.6 is 0 Å². The lowest BCUT2D eigenvalue weighted by molar-refractivity contribution is 0.608. The molecule has 0 aliphatic rings. The van der Waals surface area contributed by atoms with E-state index in [0.717, 1.165) is 37.1 Å². The molecular formula is C19H26N2O. The van der Waals surface area contributed by atoms with Gasteiger partial charge in [-0.25, -0.2) is 0 Å². The summed E-state index contributed by atoms with van der Waals surface area (Å²) < 4.78 is 1.88. The fraction of sp³-hybridized carbons (Fsp3) is 0.421. The molecule has 0 amide bonds. The number of nitrogens with two attached hydrogens (primary N) is 1. The lowest BCUT2D eigenvalue weighted by Crippen LogP contribution is -2.28. The minimum absolute atomic E-state index is 0.0421. The molecule has 1 unspecified atom stereocenters. The molecule has 3 heteroatoms. The number of aryl methyl sites for hydroxylation is 1. The Labute approximate surface area is 132 Å². The van der Waals surface area contributed by atoms with Gasteiger partial charge in [0.15, 0.2) is 0 Å². The first-order valence-corrected chi connectivity index (χ1v) is 8.17. The van der Waals surface area contributed by atoms with Crippen molar-refractivity contribution in [2.24, 2.45) is 5.73 Å². The standard InChI is InChI=1S/C19H26N2O/c1-4-6-13-21-18(12-11-17(14(3)20)19(21)22)16-9-7-15(5-2)8-10-16/h7-12,14H,4-6,13,20H2,1-3H3. The van der Waals surface area contributed by atoms with E-state index in [0.29, 0.717) is 5.56 Å². The van der Waals surface area contributed by atoms with E-state index in [1.54, 1.807) is 0 Å². The molecule has 118 valence electrons. The van der Waals surface area contributed by atoms with Gasteiger partial charge in [-0.15, -0.1) is 0 Å². The van der Waals surface area contributed by atoms with E-state index in [1.807, 2.05) is 23.6 Å². The normalized spacial score (nSPS) is 12.4. The second kappa shape index (κ2) is 7.41. The maximum absolute atomic E-state index is 12.7. The molecule has 2 aromatic rings. The Balaban J connectivity index is 2.53. The molecule has 3 nitrogen and oxygen atoms in total. The number of benzene rings is 1. The Bertz CT molecular complexity index is 669. The summed E-state index contributed by atoms with van der Waals surface area (Å²) >= 11 is 0. The van der Waals surface area contributed by atoms with Gasteiger partial charge in [0, 0.05) is 18.2 Å². The highest BCUT2D eigenvalue weighted by Gasteiger charge is 2.12. The van der Waals surface area contributed by atoms with Crippen LogP contribution in [0.5, 0.6) is 0 Å². The van der Waals surface area contributed by atoms with Gasteiger partial charge in [-0.3, -0.25) is 4.79 Å². The minimum atomic E-state index is -0.239. The molecule has 0 radical (unpaired) electrons. The summed E-state index contributed by atoms with van der Waals surface area (Å²) in [5.41, 5.74) is 10.0. The van der Waals surface area contributed by atoms with Crippen molar-refractivity contribution in [2.75, 3.05) is 0 Å². The van der Waals surface area contributed by atoms with Gasteiger partial charge in [0.05, 0.1) is 5.69 Å². The van der Waals surface area contributed by atoms with Crippen molar-refractivity contribution in [3.63, 3.8) is 0 Å². The number of hydrogen-bond acceptors (Lipinski definition) is 2. The quantitative estimate of drug-likeness (QED) is 0.879. The number of rotatable bonds is 6. The zero-order valence-corrected chi connectivity index (χ0v) is 13.8. The molecule has 1 aromatic heterocycles. The van der Waals surface area contributed by atoms with Gasteiger partial charge in [-0.2, -0.15) is 0 Å². The highest BCUT2D eigenvalue weighted by atomic mass is 16.1. The van der Waals surface area contributed by atoms with Gasteiger partial charge >= 0.3 is 0 Å². The first kappa shape index (κ1) is 16.5. The molecular weight excluding hydrogens is 272 g/mol. The van der Waals surface area contributed by atoms with Crippen LogP contribution in [0.2, 0.25) is 0 Å². The van der Waals surface area contributed by atoms with Gasteiger partial charge in [0.25, 0.3) is 5.56 Å². The van der Waals surface area contributed by atoms with E-state index < -0.39 is 0 Å². The molecule has 0 bridgehead atoms. The zero-order valence-electron chi connectivity index (χ0n) is 13.8. The molecule has 22 heavy (non-hydrogen) atoms. The van der Waals surface area contributed by atoms with Gasteiger partial charge in [-0.1, -0.05) is 44.5 Å². The van der Waals surface area contributed by atoms with Crippen LogP contribution in [0.25, 0.3) is 11.3 Å². The highest BCUT2D eigenvalue weighted by Crippen LogP contribution is 2.21. The van der Waals surface area contributed by atoms with Crippen LogP contribution in [0.1, 0.15) is 50.8 Å². The molecule has 1 atom stereocenters. The van der Waals surface area contributed by atoms with Crippen molar-refractivity contribution >= 4 is 0 Å². The third-order valence-electron chi connectivity index (χ3n) is 4.09. The van der Waals surface area contributed by atoms with Crippen LogP contribution < -0.4 is 11.3 Å². The third kappa shape index (κ3) is 3.47. The fourth-order valence-corrected chi connectivity index (χ4v) is 2.64. The molecule has 0 spiro atoms. The first-order valence-electron chi connectivity index (χ1n) is 8.17. The monoisotopic (exact) mass is 298 g/mol. The Morgan fingerprint density at radius 3 is 2.32 bits per heavy atom. The summed E-state index contributed by atoms with van der Waals surface area (Å²) in [4.78, 5) is 12.7. The van der Waals surface area contributed by atoms with E-state index in [9.17, 15) is 4.79 Å². The zero-order chi connectivity index (χ0) is 16.1. The van der Waals surface area contributed by atoms with E-state index in [-0.39, 0.29) is 11.6 Å². The summed E-state index contributed by atoms with van der Waals surface area (Å²) in [6, 6.07) is 12.1. The maximum atomic E-state index is 12.7. The van der Waals surface area contributed by atoms with E-state index in [2.05, 4.69) is 38.1 Å². The summed E-state index contributed by atoms with van der Waals surface area (Å²) in [6.07, 6.45) is 3.07. The Hall–Kier alpha value is -1.87. The number of pyridine rings is 1. The molecule has 0 saturated heterocycles. The second-order valence-electron chi connectivity index (χ2n) is 5.82. The fourth-order valence-electron chi connectivity index (χ4n) is 2.64. The van der Waals surface area contributed by atoms with Gasteiger partial charge in [0.2, 0.25) is 0 Å². The molecule has 1 aromatic carbocycles. The van der Waals surface area contributed by atoms with Crippen molar-refractivity contribution in [1.82, 2.24) is 4.57 Å². The van der Waals surface area contributed by atoms with E-state index in [4.69, 9.17) is 5.73 Å². The van der Waals surface area contributed by atoms with E-state index >= 15 is 0 Å². The van der Waals surface area contributed by atoms with Crippen molar-refractivity contribution in [2.45, 2.75) is 52.6 Å². The Kier molecular flexibility index (Phi) is 5.56. The smallest absolute Gasteiger partial charge is 0.255 e. The van der Waals surface area contributed by atoms with Crippen LogP contribution in [-0.4, -0.2) is 4.57 Å². The van der Waals surface area contributed by atoms with Crippen molar-refractivity contribution in [3.8, 4) is 11.3 Å². The SMILES string of the molecule is CCCCn1c(-c2ccc(CC)cc2)ccc(C(C)N)c1=O. The summed E-state index contributed by atoms with van der Waals surface area (Å²) in [7, 11) is 0. The number of unbranched alkanes of at least 4 members (excludes halogenated alkanes) is 1. The summed E-state index contributed by atoms with van der Waals surface area (Å²) in [5, 5.41) is 0. The topological polar surface area (TPSA) is 48.0 Å². The molecule has 2 rings (SSSR count). The van der Waals surface area contributed by atoms with Crippen molar-refractivity contribution in [1.29, 1.82) is 0 Å². The number of hydrogen-bond donors (Lipinski definition) is 1. The van der Waals surface area contributed by atoms with Crippen LogP contribution in [-0.2, 0) is 13.0 Å². The van der Waals surface area contributed by atoms with Gasteiger partial charge < -0.3 is 10.3 Å². The van der Waals surface area contributed by atoms with Crippen molar-refractivity contribution in [3.05, 3.63) is 57.9 Å². The molecule has 0 aliphatic heterocycles. The maximum Gasteiger partial charge on any atom is 0.255 e. The average Bonchev–Trinajstić information content (AvgIpc) is 2.53. The van der Waals surface area contributed by atoms with Gasteiger partial charge in [0.1, 0.15) is 0 Å². The second-order valence-corrected chi connectivity index (χ2v) is 5.82. The largest absolute Gasteiger partial charge is 0.324 e. The molecule has 0 saturated carbocycles. The minimum Gasteiger partial charge on any atom is -0.324 e. The average molecular weight is 298 g/mol. The van der Waals surface area contributed by atoms with Crippen LogP contribution in [0, 0.1) is 0 Å². The number of nitrogens with zero attached hydrogens (tertiary/aromatic N) is 1. The molecule has 1 heterocycles. The lowest BCUT2D eigenvalue weighted by atomic mass is 10.0. The van der Waals surface area contributed by atoms with Crippen LogP contribution in [0.3, 0.4) is 0 Å². The first-order chi connectivity index (χ1) is 10.6. The van der Waals surface area contributed by atoms with Crippen LogP contribution in [0.15, 0.2) is 41.2 Å². The number of aromatic nitrogens is 1. The highest BCUT2D eigenvalue weighted by molar-refractivity contribution is 5.60. The van der Waals surface area contributed by atoms with E-state index in [1.165, 1.54) is 5.56 Å². The van der Waals surface area contributed by atoms with Crippen LogP contribution in [0.4, 0.5) is 0 Å². The molecule has 0 aliphatic carbocycles. The molecule has 0 fully saturated rings. The predicted molar refractivity (Wildman–Crippen MR) is 93.0 cm³/mol. The summed E-state index contributed by atoms with van der Waals surface area (Å²) in [6.45, 7) is 6.87. The Morgan fingerprint density at radius 2 is 1.77 bits per heavy atom. The van der Waals surface area contributed by atoms with Crippen molar-refractivity contribution < 1.29 is 0 Å². The lowest BCUT2D eigenvalue weighted by Gasteiger charge is -2.16. The predicted octanol–water partition coefficient (Wildman–Crippen LogP) is 3.90. The Morgan fingerprint density at radius 1 is 1.09 bits per heavy atom. The molecule has 2 N–H and O–H groups in total.